The monoisotopic (exact) mass is 450 g/mol. The lowest BCUT2D eigenvalue weighted by molar-refractivity contribution is -0.116. The van der Waals surface area contributed by atoms with Crippen LogP contribution in [0.15, 0.2) is 58.1 Å². The third-order valence-corrected chi connectivity index (χ3v) is 5.41. The van der Waals surface area contributed by atoms with Crippen molar-refractivity contribution in [3.8, 4) is 28.6 Å². The smallest absolute Gasteiger partial charge is 0.264 e. The van der Waals surface area contributed by atoms with Gasteiger partial charge >= 0.3 is 0 Å². The fourth-order valence-electron chi connectivity index (χ4n) is 3.16. The molecule has 9 nitrogen and oxygen atoms in total. The van der Waals surface area contributed by atoms with Crippen molar-refractivity contribution in [3.05, 3.63) is 54.1 Å². The third-order valence-electron chi connectivity index (χ3n) is 4.74. The first kappa shape index (κ1) is 21.4. The molecule has 0 aliphatic carbocycles. The second-order valence-corrected chi connectivity index (χ2v) is 7.79. The van der Waals surface area contributed by atoms with Gasteiger partial charge in [-0.3, -0.25) is 4.79 Å². The number of rotatable bonds is 7. The number of anilines is 2. The zero-order valence-corrected chi connectivity index (χ0v) is 18.6. The zero-order chi connectivity index (χ0) is 22.7. The maximum atomic E-state index is 12.5. The number of aromatic nitrogens is 4. The van der Waals surface area contributed by atoms with E-state index in [-0.39, 0.29) is 24.2 Å². The molecule has 4 rings (SSSR count). The molecule has 0 bridgehead atoms. The molecule has 0 aliphatic rings. The van der Waals surface area contributed by atoms with Crippen LogP contribution in [0.1, 0.15) is 5.56 Å². The molecule has 32 heavy (non-hydrogen) atoms. The quantitative estimate of drug-likeness (QED) is 0.407. The van der Waals surface area contributed by atoms with Gasteiger partial charge in [-0.2, -0.15) is 10.1 Å². The number of nitrogen functional groups attached to an aromatic ring is 1. The maximum Gasteiger partial charge on any atom is 0.264 e. The number of aryl methyl sites for hydroxylation is 1. The van der Waals surface area contributed by atoms with Crippen molar-refractivity contribution < 1.29 is 14.1 Å². The fourth-order valence-corrected chi connectivity index (χ4v) is 3.73. The van der Waals surface area contributed by atoms with Gasteiger partial charge in [0.2, 0.25) is 11.7 Å². The Morgan fingerprint density at radius 2 is 2.03 bits per heavy atom. The lowest BCUT2D eigenvalue weighted by atomic mass is 10.2. The number of nitrogens with one attached hydrogen (secondary N) is 1. The molecular weight excluding hydrogens is 428 g/mol. The molecule has 0 saturated heterocycles. The van der Waals surface area contributed by atoms with Crippen LogP contribution in [-0.4, -0.2) is 39.2 Å². The number of nitrogens with two attached hydrogens (primary N) is 1. The largest absolute Gasteiger partial charge is 0.497 e. The fraction of sp³-hybridized carbons (Fsp3) is 0.182. The number of carbonyl (C=O) groups is 1. The van der Waals surface area contributed by atoms with E-state index in [1.165, 1.54) is 16.4 Å². The molecule has 0 unspecified atom stereocenters. The molecule has 3 N–H and O–H groups in total. The van der Waals surface area contributed by atoms with Crippen LogP contribution >= 0.6 is 11.8 Å². The molecule has 0 radical (unpaired) electrons. The van der Waals surface area contributed by atoms with Crippen LogP contribution in [0, 0.1) is 6.92 Å². The second-order valence-electron chi connectivity index (χ2n) is 7.00. The SMILES string of the molecule is COc1ccc(-c2noc(-c3c(SC)nn(CC(=O)Nc4cccc(C)c4)c3N)n2)cc1. The van der Waals surface area contributed by atoms with Crippen molar-refractivity contribution in [1.82, 2.24) is 19.9 Å². The third kappa shape index (κ3) is 4.45. The number of hydrogen-bond acceptors (Lipinski definition) is 8. The first-order valence-electron chi connectivity index (χ1n) is 9.73. The van der Waals surface area contributed by atoms with Gasteiger partial charge in [0.1, 0.15) is 28.7 Å². The number of hydrogen-bond donors (Lipinski definition) is 2. The molecule has 0 spiro atoms. The number of benzene rings is 2. The number of methoxy groups -OCH3 is 1. The Morgan fingerprint density at radius 3 is 2.72 bits per heavy atom. The van der Waals surface area contributed by atoms with Crippen LogP contribution in [0.25, 0.3) is 22.8 Å². The van der Waals surface area contributed by atoms with E-state index < -0.39 is 0 Å². The van der Waals surface area contributed by atoms with Crippen molar-refractivity contribution in [2.45, 2.75) is 18.5 Å². The van der Waals surface area contributed by atoms with Crippen LogP contribution in [0.2, 0.25) is 0 Å². The summed E-state index contributed by atoms with van der Waals surface area (Å²) in [5.74, 6) is 1.42. The molecule has 164 valence electrons. The summed E-state index contributed by atoms with van der Waals surface area (Å²) in [6.45, 7) is 1.91. The minimum atomic E-state index is -0.242. The van der Waals surface area contributed by atoms with E-state index in [0.717, 1.165) is 16.9 Å². The number of ether oxygens (including phenoxy) is 1. The van der Waals surface area contributed by atoms with Crippen molar-refractivity contribution in [2.75, 3.05) is 24.4 Å². The summed E-state index contributed by atoms with van der Waals surface area (Å²) in [4.78, 5) is 17.0. The Hall–Kier alpha value is -3.79. The van der Waals surface area contributed by atoms with Crippen LogP contribution in [0.3, 0.4) is 0 Å². The van der Waals surface area contributed by atoms with Gasteiger partial charge in [-0.25, -0.2) is 4.68 Å². The summed E-state index contributed by atoms with van der Waals surface area (Å²) >= 11 is 1.38. The molecule has 1 amide bonds. The van der Waals surface area contributed by atoms with E-state index in [1.54, 1.807) is 7.11 Å². The summed E-state index contributed by atoms with van der Waals surface area (Å²) in [6, 6.07) is 14.9. The summed E-state index contributed by atoms with van der Waals surface area (Å²) in [6.07, 6.45) is 1.86. The first-order chi connectivity index (χ1) is 15.5. The van der Waals surface area contributed by atoms with Gasteiger partial charge in [-0.15, -0.1) is 11.8 Å². The Balaban J connectivity index is 1.57. The van der Waals surface area contributed by atoms with Crippen LogP contribution < -0.4 is 15.8 Å². The van der Waals surface area contributed by atoms with Crippen LogP contribution in [0.5, 0.6) is 5.75 Å². The highest BCUT2D eigenvalue weighted by Crippen LogP contribution is 2.35. The van der Waals surface area contributed by atoms with Gasteiger partial charge in [0.25, 0.3) is 5.89 Å². The summed E-state index contributed by atoms with van der Waals surface area (Å²) in [5, 5.41) is 12.0. The van der Waals surface area contributed by atoms with Gasteiger partial charge in [-0.1, -0.05) is 17.3 Å². The molecular formula is C22H22N6O3S. The Bertz CT molecular complexity index is 1250. The predicted molar refractivity (Wildman–Crippen MR) is 124 cm³/mol. The standard InChI is InChI=1S/C22H22N6O3S/c1-13-5-4-6-15(11-13)24-17(29)12-28-19(23)18(22(26-28)32-3)21-25-20(27-31-21)14-7-9-16(30-2)10-8-14/h4-11H,12,23H2,1-3H3,(H,24,29). The van der Waals surface area contributed by atoms with E-state index >= 15 is 0 Å². The second kappa shape index (κ2) is 9.15. The van der Waals surface area contributed by atoms with Crippen molar-refractivity contribution >= 4 is 29.2 Å². The molecule has 2 aromatic carbocycles. The number of amides is 1. The molecule has 0 aliphatic heterocycles. The highest BCUT2D eigenvalue weighted by molar-refractivity contribution is 7.98. The van der Waals surface area contributed by atoms with E-state index in [9.17, 15) is 4.79 Å². The molecule has 0 saturated carbocycles. The van der Waals surface area contributed by atoms with E-state index in [0.29, 0.717) is 22.1 Å². The summed E-state index contributed by atoms with van der Waals surface area (Å²) in [7, 11) is 1.60. The highest BCUT2D eigenvalue weighted by atomic mass is 32.2. The molecule has 0 fully saturated rings. The number of carbonyl (C=O) groups excluding carboxylic acids is 1. The van der Waals surface area contributed by atoms with E-state index in [4.69, 9.17) is 15.0 Å². The molecule has 4 aromatic rings. The zero-order valence-electron chi connectivity index (χ0n) is 17.8. The molecule has 10 heteroatoms. The van der Waals surface area contributed by atoms with Crippen LogP contribution in [-0.2, 0) is 11.3 Å². The predicted octanol–water partition coefficient (Wildman–Crippen LogP) is 3.86. The summed E-state index contributed by atoms with van der Waals surface area (Å²) < 4.78 is 12.1. The first-order valence-corrected chi connectivity index (χ1v) is 11.0. The lowest BCUT2D eigenvalue weighted by Crippen LogP contribution is -2.20. The lowest BCUT2D eigenvalue weighted by Gasteiger charge is -2.07. The minimum absolute atomic E-state index is 0.0488. The highest BCUT2D eigenvalue weighted by Gasteiger charge is 2.23. The average molecular weight is 451 g/mol. The number of thioether (sulfide) groups is 1. The Kier molecular flexibility index (Phi) is 6.13. The Labute approximate surface area is 189 Å². The van der Waals surface area contributed by atoms with Crippen molar-refractivity contribution in [1.29, 1.82) is 0 Å². The molecule has 2 heterocycles. The minimum Gasteiger partial charge on any atom is -0.497 e. The van der Waals surface area contributed by atoms with Crippen molar-refractivity contribution in [2.24, 2.45) is 0 Å². The maximum absolute atomic E-state index is 12.5. The van der Waals surface area contributed by atoms with Gasteiger partial charge in [0, 0.05) is 11.3 Å². The molecule has 2 aromatic heterocycles. The average Bonchev–Trinajstić information content (AvgIpc) is 3.38. The van der Waals surface area contributed by atoms with Crippen LogP contribution in [0.4, 0.5) is 11.5 Å². The van der Waals surface area contributed by atoms with E-state index in [2.05, 4.69) is 20.6 Å². The normalized spacial score (nSPS) is 10.8. The summed E-state index contributed by atoms with van der Waals surface area (Å²) in [5.41, 5.74) is 9.37. The topological polar surface area (TPSA) is 121 Å². The van der Waals surface area contributed by atoms with Gasteiger partial charge in [0.05, 0.1) is 7.11 Å². The van der Waals surface area contributed by atoms with Gasteiger partial charge in [0.15, 0.2) is 0 Å². The van der Waals surface area contributed by atoms with E-state index in [1.807, 2.05) is 61.7 Å². The van der Waals surface area contributed by atoms with Gasteiger partial charge < -0.3 is 20.3 Å². The molecule has 0 atom stereocenters. The van der Waals surface area contributed by atoms with Gasteiger partial charge in [-0.05, 0) is 55.1 Å². The van der Waals surface area contributed by atoms with Crippen molar-refractivity contribution in [3.63, 3.8) is 0 Å². The number of nitrogens with zero attached hydrogens (tertiary/aromatic N) is 4. The Morgan fingerprint density at radius 1 is 1.25 bits per heavy atom.